The van der Waals surface area contributed by atoms with Gasteiger partial charge in [0.25, 0.3) is 0 Å². The van der Waals surface area contributed by atoms with Crippen LogP contribution in [0.15, 0.2) is 36.4 Å². The predicted molar refractivity (Wildman–Crippen MR) is 122 cm³/mol. The molecule has 3 amide bonds. The maximum absolute atomic E-state index is 12.6. The number of carbonyl (C=O) groups is 2. The van der Waals surface area contributed by atoms with Gasteiger partial charge < -0.3 is 25.0 Å². The fraction of sp³-hybridized carbons (Fsp3) is 0.440. The monoisotopic (exact) mass is 437 g/mol. The predicted octanol–water partition coefficient (Wildman–Crippen LogP) is 3.36. The summed E-state index contributed by atoms with van der Waals surface area (Å²) in [6, 6.07) is 12.1. The van der Waals surface area contributed by atoms with E-state index in [2.05, 4.69) is 22.8 Å². The number of rotatable bonds is 6. The fourth-order valence-electron chi connectivity index (χ4n) is 4.62. The lowest BCUT2D eigenvalue weighted by Gasteiger charge is -2.30. The molecule has 0 bridgehead atoms. The molecule has 0 saturated carbocycles. The lowest BCUT2D eigenvalue weighted by Crippen LogP contribution is -2.44. The minimum absolute atomic E-state index is 0.0344. The lowest BCUT2D eigenvalue weighted by molar-refractivity contribution is -0.121. The summed E-state index contributed by atoms with van der Waals surface area (Å²) in [4.78, 5) is 26.9. The van der Waals surface area contributed by atoms with Crippen molar-refractivity contribution in [3.63, 3.8) is 0 Å². The molecule has 0 fully saturated rings. The van der Waals surface area contributed by atoms with Gasteiger partial charge in [0, 0.05) is 26.1 Å². The molecule has 1 aliphatic carbocycles. The Labute approximate surface area is 189 Å². The molecule has 2 aromatic carbocycles. The van der Waals surface area contributed by atoms with Crippen LogP contribution in [0.25, 0.3) is 0 Å². The van der Waals surface area contributed by atoms with Crippen LogP contribution >= 0.6 is 0 Å². The molecule has 0 saturated heterocycles. The van der Waals surface area contributed by atoms with Gasteiger partial charge in [0.1, 0.15) is 0 Å². The standard InChI is InChI=1S/C25H31N3O4/c1-31-22-14-18-11-13-28(16-19(18)15-23(22)32-2)25(30)26-12-10-24(29)27-21-9-5-7-17-6-3-4-8-20(17)21/h3-4,6,8,14-15,21H,5,7,9-13,16H2,1-2H3,(H,26,30)(H,27,29). The molecule has 1 unspecified atom stereocenters. The molecule has 2 aromatic rings. The summed E-state index contributed by atoms with van der Waals surface area (Å²) in [5, 5.41) is 6.03. The van der Waals surface area contributed by atoms with Crippen molar-refractivity contribution >= 4 is 11.9 Å². The van der Waals surface area contributed by atoms with Crippen molar-refractivity contribution < 1.29 is 19.1 Å². The summed E-state index contributed by atoms with van der Waals surface area (Å²) in [7, 11) is 3.23. The summed E-state index contributed by atoms with van der Waals surface area (Å²) in [6.07, 6.45) is 4.11. The third-order valence-electron chi connectivity index (χ3n) is 6.34. The summed E-state index contributed by atoms with van der Waals surface area (Å²) in [6.45, 7) is 1.44. The first-order valence-electron chi connectivity index (χ1n) is 11.2. The van der Waals surface area contributed by atoms with E-state index in [9.17, 15) is 9.59 Å². The first-order chi connectivity index (χ1) is 15.6. The minimum atomic E-state index is -0.152. The van der Waals surface area contributed by atoms with Gasteiger partial charge in [-0.1, -0.05) is 24.3 Å². The molecular formula is C25H31N3O4. The maximum Gasteiger partial charge on any atom is 0.317 e. The molecule has 4 rings (SSSR count). The Bertz CT molecular complexity index is 991. The molecule has 0 aromatic heterocycles. The molecule has 7 heteroatoms. The smallest absolute Gasteiger partial charge is 0.317 e. The van der Waals surface area contributed by atoms with Gasteiger partial charge >= 0.3 is 6.03 Å². The Morgan fingerprint density at radius 2 is 1.78 bits per heavy atom. The van der Waals surface area contributed by atoms with Crippen LogP contribution in [-0.2, 0) is 24.2 Å². The molecule has 2 aliphatic rings. The van der Waals surface area contributed by atoms with Crippen molar-refractivity contribution in [1.82, 2.24) is 15.5 Å². The Balaban J connectivity index is 1.26. The zero-order valence-corrected chi connectivity index (χ0v) is 18.8. The van der Waals surface area contributed by atoms with E-state index >= 15 is 0 Å². The van der Waals surface area contributed by atoms with Gasteiger partial charge in [0.2, 0.25) is 5.91 Å². The van der Waals surface area contributed by atoms with E-state index in [1.165, 1.54) is 16.7 Å². The Morgan fingerprint density at radius 3 is 2.56 bits per heavy atom. The van der Waals surface area contributed by atoms with Gasteiger partial charge in [-0.25, -0.2) is 4.79 Å². The van der Waals surface area contributed by atoms with Crippen LogP contribution in [0.1, 0.15) is 47.6 Å². The first kappa shape index (κ1) is 22.0. The second-order valence-corrected chi connectivity index (χ2v) is 8.34. The molecule has 2 N–H and O–H groups in total. The molecule has 1 heterocycles. The van der Waals surface area contributed by atoms with Crippen LogP contribution in [0.5, 0.6) is 11.5 Å². The number of nitrogens with one attached hydrogen (secondary N) is 2. The van der Waals surface area contributed by atoms with Crippen LogP contribution in [0.2, 0.25) is 0 Å². The lowest BCUT2D eigenvalue weighted by atomic mass is 9.88. The summed E-state index contributed by atoms with van der Waals surface area (Å²) in [5.74, 6) is 1.33. The van der Waals surface area contributed by atoms with Crippen LogP contribution in [0, 0.1) is 0 Å². The van der Waals surface area contributed by atoms with Gasteiger partial charge in [-0.3, -0.25) is 4.79 Å². The number of nitrogens with zero attached hydrogens (tertiary/aromatic N) is 1. The molecule has 1 aliphatic heterocycles. The number of urea groups is 1. The van der Waals surface area contributed by atoms with Crippen LogP contribution in [-0.4, -0.2) is 44.1 Å². The number of fused-ring (bicyclic) bond motifs is 2. The third-order valence-corrected chi connectivity index (χ3v) is 6.34. The number of hydrogen-bond acceptors (Lipinski definition) is 4. The number of carbonyl (C=O) groups excluding carboxylic acids is 2. The van der Waals surface area contributed by atoms with Crippen molar-refractivity contribution in [1.29, 1.82) is 0 Å². The van der Waals surface area contributed by atoms with Gasteiger partial charge in [0.05, 0.1) is 20.3 Å². The van der Waals surface area contributed by atoms with Gasteiger partial charge in [-0.05, 0) is 60.1 Å². The third kappa shape index (κ3) is 4.82. The molecule has 32 heavy (non-hydrogen) atoms. The summed E-state index contributed by atoms with van der Waals surface area (Å²) in [5.41, 5.74) is 4.75. The number of aryl methyl sites for hydroxylation is 1. The maximum atomic E-state index is 12.6. The van der Waals surface area contributed by atoms with Crippen LogP contribution in [0.3, 0.4) is 0 Å². The molecule has 170 valence electrons. The van der Waals surface area contributed by atoms with Gasteiger partial charge in [0.15, 0.2) is 11.5 Å². The van der Waals surface area contributed by atoms with E-state index in [-0.39, 0.29) is 24.4 Å². The topological polar surface area (TPSA) is 79.9 Å². The molecule has 7 nitrogen and oxygen atoms in total. The Hall–Kier alpha value is -3.22. The Morgan fingerprint density at radius 1 is 1.03 bits per heavy atom. The van der Waals surface area contributed by atoms with E-state index in [1.54, 1.807) is 19.1 Å². The number of ether oxygens (including phenoxy) is 2. The molecule has 0 radical (unpaired) electrons. The molecule has 1 atom stereocenters. The van der Waals surface area contributed by atoms with Crippen molar-refractivity contribution in [2.75, 3.05) is 27.3 Å². The van der Waals surface area contributed by atoms with Crippen LogP contribution in [0.4, 0.5) is 4.79 Å². The van der Waals surface area contributed by atoms with Crippen molar-refractivity contribution in [3.05, 3.63) is 58.7 Å². The number of amides is 3. The van der Waals surface area contributed by atoms with Crippen LogP contribution < -0.4 is 20.1 Å². The second-order valence-electron chi connectivity index (χ2n) is 8.34. The highest BCUT2D eigenvalue weighted by atomic mass is 16.5. The SMILES string of the molecule is COc1cc2c(cc1OC)CN(C(=O)NCCC(=O)NC1CCCc3ccccc31)CC2. The normalized spacial score (nSPS) is 17.1. The number of benzene rings is 2. The van der Waals surface area contributed by atoms with E-state index < -0.39 is 0 Å². The van der Waals surface area contributed by atoms with E-state index in [1.807, 2.05) is 24.3 Å². The van der Waals surface area contributed by atoms with Crippen molar-refractivity contribution in [2.24, 2.45) is 0 Å². The summed E-state index contributed by atoms with van der Waals surface area (Å²) >= 11 is 0. The number of hydrogen-bond donors (Lipinski definition) is 2. The highest BCUT2D eigenvalue weighted by Crippen LogP contribution is 2.33. The summed E-state index contributed by atoms with van der Waals surface area (Å²) < 4.78 is 10.8. The van der Waals surface area contributed by atoms with E-state index in [0.717, 1.165) is 31.2 Å². The first-order valence-corrected chi connectivity index (χ1v) is 11.2. The van der Waals surface area contributed by atoms with E-state index in [0.29, 0.717) is 31.1 Å². The minimum Gasteiger partial charge on any atom is -0.493 e. The fourth-order valence-corrected chi connectivity index (χ4v) is 4.62. The van der Waals surface area contributed by atoms with Gasteiger partial charge in [-0.15, -0.1) is 0 Å². The van der Waals surface area contributed by atoms with E-state index in [4.69, 9.17) is 9.47 Å². The molecular weight excluding hydrogens is 406 g/mol. The highest BCUT2D eigenvalue weighted by Gasteiger charge is 2.24. The quantitative estimate of drug-likeness (QED) is 0.726. The average Bonchev–Trinajstić information content (AvgIpc) is 2.82. The number of methoxy groups -OCH3 is 2. The van der Waals surface area contributed by atoms with Crippen molar-refractivity contribution in [2.45, 2.75) is 44.7 Å². The average molecular weight is 438 g/mol. The largest absolute Gasteiger partial charge is 0.493 e. The zero-order valence-electron chi connectivity index (χ0n) is 18.8. The second kappa shape index (κ2) is 9.94. The highest BCUT2D eigenvalue weighted by molar-refractivity contribution is 5.79. The Kier molecular flexibility index (Phi) is 6.83. The zero-order chi connectivity index (χ0) is 22.5. The van der Waals surface area contributed by atoms with Gasteiger partial charge in [-0.2, -0.15) is 0 Å². The molecule has 0 spiro atoms. The van der Waals surface area contributed by atoms with Crippen molar-refractivity contribution in [3.8, 4) is 11.5 Å².